The van der Waals surface area contributed by atoms with Gasteiger partial charge in [0.25, 0.3) is 0 Å². The number of rotatable bonds is 12. The molecular weight excluding hydrogens is 560 g/mol. The number of nitrogens with one attached hydrogen (secondary N) is 1. The van der Waals surface area contributed by atoms with Crippen LogP contribution in [0.5, 0.6) is 5.75 Å². The lowest BCUT2D eigenvalue weighted by atomic mass is 9.74. The zero-order valence-corrected chi connectivity index (χ0v) is 22.8. The van der Waals surface area contributed by atoms with E-state index in [0.29, 0.717) is 5.69 Å². The van der Waals surface area contributed by atoms with Crippen molar-refractivity contribution >= 4 is 17.7 Å². The highest BCUT2D eigenvalue weighted by atomic mass is 19.2. The molecule has 3 aromatic rings. The monoisotopic (exact) mass is 590 g/mol. The number of carboxylic acids is 1. The van der Waals surface area contributed by atoms with Gasteiger partial charge in [0.15, 0.2) is 23.2 Å². The van der Waals surface area contributed by atoms with E-state index in [1.54, 1.807) is 6.92 Å². The molecule has 1 fully saturated rings. The highest BCUT2D eigenvalue weighted by Gasteiger charge is 2.41. The summed E-state index contributed by atoms with van der Waals surface area (Å²) in [4.78, 5) is 37.7. The van der Waals surface area contributed by atoms with E-state index >= 15 is 0 Å². The van der Waals surface area contributed by atoms with Crippen LogP contribution < -0.4 is 10.1 Å². The van der Waals surface area contributed by atoms with Crippen molar-refractivity contribution in [3.8, 4) is 5.75 Å². The number of hydrogen-bond donors (Lipinski definition) is 2. The second-order valence-electron chi connectivity index (χ2n) is 10.5. The predicted octanol–water partition coefficient (Wildman–Crippen LogP) is 4.65. The van der Waals surface area contributed by atoms with Gasteiger partial charge >= 0.3 is 5.97 Å². The van der Waals surface area contributed by atoms with Gasteiger partial charge in [0.1, 0.15) is 18.3 Å². The Labute approximate surface area is 238 Å². The Morgan fingerprint density at radius 1 is 1.07 bits per heavy atom. The van der Waals surface area contributed by atoms with Gasteiger partial charge in [-0.1, -0.05) is 54.8 Å². The number of nitrogens with zero attached hydrogens (tertiary/aromatic N) is 3. The minimum atomic E-state index is -1.84. The summed E-state index contributed by atoms with van der Waals surface area (Å²) in [6.45, 7) is 0.693. The van der Waals surface area contributed by atoms with Gasteiger partial charge in [0.2, 0.25) is 17.5 Å². The fourth-order valence-electron chi connectivity index (χ4n) is 5.28. The van der Waals surface area contributed by atoms with E-state index in [0.717, 1.165) is 42.3 Å². The summed E-state index contributed by atoms with van der Waals surface area (Å²) < 4.78 is 60.8. The molecule has 1 aliphatic carbocycles. The van der Waals surface area contributed by atoms with E-state index in [9.17, 15) is 37.1 Å². The summed E-state index contributed by atoms with van der Waals surface area (Å²) in [6, 6.07) is 7.60. The molecule has 9 nitrogen and oxygen atoms in total. The van der Waals surface area contributed by atoms with Gasteiger partial charge in [0, 0.05) is 6.07 Å². The molecule has 1 heterocycles. The molecule has 0 aliphatic heterocycles. The number of halogens is 4. The first-order chi connectivity index (χ1) is 20.0. The molecule has 0 bridgehead atoms. The van der Waals surface area contributed by atoms with Crippen molar-refractivity contribution in [3.63, 3.8) is 0 Å². The van der Waals surface area contributed by atoms with Crippen molar-refractivity contribution in [2.24, 2.45) is 5.92 Å². The van der Waals surface area contributed by atoms with Crippen LogP contribution in [-0.4, -0.2) is 44.4 Å². The largest absolute Gasteiger partial charge is 0.481 e. The first-order valence-electron chi connectivity index (χ1n) is 13.5. The molecule has 1 aromatic heterocycles. The van der Waals surface area contributed by atoms with Crippen LogP contribution in [-0.2, 0) is 26.3 Å². The van der Waals surface area contributed by atoms with Crippen LogP contribution in [0.25, 0.3) is 0 Å². The van der Waals surface area contributed by atoms with Gasteiger partial charge in [-0.15, -0.1) is 5.10 Å². The van der Waals surface area contributed by atoms with Crippen molar-refractivity contribution in [1.82, 2.24) is 20.3 Å². The molecule has 224 valence electrons. The third kappa shape index (κ3) is 6.94. The van der Waals surface area contributed by atoms with Crippen LogP contribution in [0.2, 0.25) is 0 Å². The molecule has 2 N–H and O–H groups in total. The summed E-state index contributed by atoms with van der Waals surface area (Å²) >= 11 is 0. The zero-order chi connectivity index (χ0) is 30.4. The average Bonchev–Trinajstić information content (AvgIpc) is 3.46. The quantitative estimate of drug-likeness (QED) is 0.233. The van der Waals surface area contributed by atoms with E-state index in [2.05, 4.69) is 15.6 Å². The van der Waals surface area contributed by atoms with Crippen LogP contribution >= 0.6 is 0 Å². The average molecular weight is 591 g/mol. The molecule has 0 saturated heterocycles. The molecule has 2 atom stereocenters. The Bertz CT molecular complexity index is 1420. The number of benzene rings is 2. The normalized spacial score (nSPS) is 15.9. The third-order valence-electron chi connectivity index (χ3n) is 7.56. The maximum atomic E-state index is 14.0. The van der Waals surface area contributed by atoms with Crippen molar-refractivity contribution in [1.29, 1.82) is 0 Å². The SMILES string of the molecule is C[C@@](NC(=O)Cc1ccccc1)(c1cn(C(CC(=O)O)C(=O)COc2c(F)c(F)cc(F)c2F)nn1)C1CCCCC1. The van der Waals surface area contributed by atoms with E-state index in [-0.39, 0.29) is 24.3 Å². The Kier molecular flexibility index (Phi) is 9.59. The van der Waals surface area contributed by atoms with Crippen LogP contribution in [0.1, 0.15) is 62.7 Å². The lowest BCUT2D eigenvalue weighted by molar-refractivity contribution is -0.140. The van der Waals surface area contributed by atoms with Gasteiger partial charge in [0.05, 0.1) is 24.6 Å². The van der Waals surface area contributed by atoms with Crippen LogP contribution in [0.15, 0.2) is 42.6 Å². The minimum Gasteiger partial charge on any atom is -0.481 e. The molecular formula is C29H30F4N4O5. The van der Waals surface area contributed by atoms with Crippen molar-refractivity contribution in [2.75, 3.05) is 6.61 Å². The fourth-order valence-corrected chi connectivity index (χ4v) is 5.28. The Hall–Kier alpha value is -4.29. The molecule has 2 aromatic carbocycles. The number of hydrogen-bond acceptors (Lipinski definition) is 6. The van der Waals surface area contributed by atoms with Crippen molar-refractivity contribution < 1.29 is 41.8 Å². The second-order valence-corrected chi connectivity index (χ2v) is 10.5. The number of Topliss-reactive ketones (excluding diaryl/α,β-unsaturated/α-hetero) is 1. The van der Waals surface area contributed by atoms with E-state index in [4.69, 9.17) is 4.74 Å². The summed E-state index contributed by atoms with van der Waals surface area (Å²) in [5.41, 5.74) is 0.0930. The van der Waals surface area contributed by atoms with E-state index in [1.165, 1.54) is 6.20 Å². The molecule has 42 heavy (non-hydrogen) atoms. The predicted molar refractivity (Wildman–Crippen MR) is 140 cm³/mol. The molecule has 1 unspecified atom stereocenters. The fraction of sp³-hybridized carbons (Fsp3) is 0.414. The molecule has 1 amide bonds. The number of amides is 1. The molecule has 4 rings (SSSR count). The number of ether oxygens (including phenoxy) is 1. The third-order valence-corrected chi connectivity index (χ3v) is 7.56. The molecule has 1 aliphatic rings. The van der Waals surface area contributed by atoms with Gasteiger partial charge < -0.3 is 15.2 Å². The summed E-state index contributed by atoms with van der Waals surface area (Å²) in [6.07, 6.45) is 5.18. The van der Waals surface area contributed by atoms with Crippen LogP contribution in [0.4, 0.5) is 17.6 Å². The van der Waals surface area contributed by atoms with Crippen LogP contribution in [0, 0.1) is 29.2 Å². The Morgan fingerprint density at radius 2 is 1.71 bits per heavy atom. The number of carbonyl (C=O) groups excluding carboxylic acids is 2. The second kappa shape index (κ2) is 13.1. The summed E-state index contributed by atoms with van der Waals surface area (Å²) in [7, 11) is 0. The van der Waals surface area contributed by atoms with Crippen molar-refractivity contribution in [3.05, 3.63) is 77.1 Å². The molecule has 0 radical (unpaired) electrons. The number of carbonyl (C=O) groups is 3. The molecule has 0 spiro atoms. The van der Waals surface area contributed by atoms with Gasteiger partial charge in [-0.25, -0.2) is 13.5 Å². The number of aromatic nitrogens is 3. The van der Waals surface area contributed by atoms with E-state index < -0.39 is 65.4 Å². The molecule has 13 heteroatoms. The number of aliphatic carboxylic acids is 1. The maximum absolute atomic E-state index is 14.0. The number of carboxylic acid groups (broad SMARTS) is 1. The highest BCUT2D eigenvalue weighted by Crippen LogP contribution is 2.39. The maximum Gasteiger partial charge on any atom is 0.305 e. The summed E-state index contributed by atoms with van der Waals surface area (Å²) in [5, 5.41) is 20.7. The smallest absolute Gasteiger partial charge is 0.305 e. The molecule has 1 saturated carbocycles. The minimum absolute atomic E-state index is 0.00846. The van der Waals surface area contributed by atoms with Gasteiger partial charge in [-0.3, -0.25) is 14.4 Å². The lowest BCUT2D eigenvalue weighted by Gasteiger charge is -2.39. The standard InChI is InChI=1S/C29H30F4N4O5/c1-29(18-10-6-3-7-11-18,34-24(39)12-17-8-4-2-5-9-17)23-15-37(36-35-23)21(14-25(40)41)22(38)16-42-28-26(32)19(30)13-20(31)27(28)33/h2,4-5,8-9,13,15,18,21H,3,6-7,10-12,14,16H2,1H3,(H,34,39)(H,40,41)/t21?,29-/m0/s1. The van der Waals surface area contributed by atoms with Gasteiger partial charge in [-0.05, 0) is 31.2 Å². The van der Waals surface area contributed by atoms with Crippen LogP contribution in [0.3, 0.4) is 0 Å². The zero-order valence-electron chi connectivity index (χ0n) is 22.8. The van der Waals surface area contributed by atoms with Crippen molar-refractivity contribution in [2.45, 2.75) is 63.5 Å². The van der Waals surface area contributed by atoms with E-state index in [1.807, 2.05) is 30.3 Å². The van der Waals surface area contributed by atoms with Gasteiger partial charge in [-0.2, -0.15) is 8.78 Å². The first-order valence-corrected chi connectivity index (χ1v) is 13.5. The highest BCUT2D eigenvalue weighted by molar-refractivity contribution is 5.87. The first kappa shape index (κ1) is 30.7. The topological polar surface area (TPSA) is 123 Å². The Morgan fingerprint density at radius 3 is 2.33 bits per heavy atom. The summed E-state index contributed by atoms with van der Waals surface area (Å²) in [5.74, 6) is -11.3. The number of ketones is 1. The Balaban J connectivity index is 1.59. The lowest BCUT2D eigenvalue weighted by Crippen LogP contribution is -2.50.